The Labute approximate surface area is 297 Å². The van der Waals surface area contributed by atoms with Crippen LogP contribution in [-0.4, -0.2) is 29.7 Å². The monoisotopic (exact) mass is 671 g/mol. The molecule has 8 rings (SSSR count). The van der Waals surface area contributed by atoms with Gasteiger partial charge in [-0.1, -0.05) is 120 Å². The summed E-state index contributed by atoms with van der Waals surface area (Å²) >= 11 is 0. The third-order valence-electron chi connectivity index (χ3n) is 10.8. The first kappa shape index (κ1) is 32.3. The Kier molecular flexibility index (Phi) is 7.53. The van der Waals surface area contributed by atoms with Gasteiger partial charge < -0.3 is 4.74 Å². The lowest BCUT2D eigenvalue weighted by Crippen LogP contribution is -2.45. The minimum atomic E-state index is -1.49. The Balaban J connectivity index is 1.45. The van der Waals surface area contributed by atoms with Gasteiger partial charge in [-0.25, -0.2) is 9.69 Å². The molecule has 6 nitrogen and oxygen atoms in total. The number of fused-ring (bicyclic) bond motifs is 5. The third kappa shape index (κ3) is 4.48. The van der Waals surface area contributed by atoms with E-state index in [0.717, 1.165) is 33.4 Å². The highest BCUT2D eigenvalue weighted by molar-refractivity contribution is 6.39. The summed E-state index contributed by atoms with van der Waals surface area (Å²) in [7, 11) is 0. The van der Waals surface area contributed by atoms with Gasteiger partial charge in [-0.05, 0) is 85.4 Å². The number of carbonyl (C=O) groups is 4. The maximum Gasteiger partial charge on any atom is 0.338 e. The summed E-state index contributed by atoms with van der Waals surface area (Å²) in [5.74, 6) is -3.60. The number of rotatable bonds is 7. The maximum atomic E-state index is 16.1. The molecular weight excluding hydrogens is 634 g/mol. The van der Waals surface area contributed by atoms with Crippen molar-refractivity contribution in [3.8, 4) is 0 Å². The number of nitrogens with zero attached hydrogens (tertiary/aromatic N) is 1. The first-order valence-electron chi connectivity index (χ1n) is 17.4. The van der Waals surface area contributed by atoms with Crippen LogP contribution in [-0.2, 0) is 30.0 Å². The molecule has 4 atom stereocenters. The fourth-order valence-electron chi connectivity index (χ4n) is 8.85. The predicted molar refractivity (Wildman–Crippen MR) is 197 cm³/mol. The van der Waals surface area contributed by atoms with Crippen LogP contribution in [0.5, 0.6) is 0 Å². The topological polar surface area (TPSA) is 80.8 Å². The summed E-state index contributed by atoms with van der Waals surface area (Å²) in [4.78, 5) is 60.4. The zero-order valence-electron chi connectivity index (χ0n) is 28.9. The minimum absolute atomic E-state index is 0.165. The van der Waals surface area contributed by atoms with Gasteiger partial charge in [-0.2, -0.15) is 0 Å². The van der Waals surface area contributed by atoms with Gasteiger partial charge in [0.05, 0.1) is 40.0 Å². The molecule has 2 amide bonds. The number of imide groups is 1. The molecule has 2 aliphatic carbocycles. The van der Waals surface area contributed by atoms with E-state index in [1.54, 1.807) is 38.1 Å². The smallest absolute Gasteiger partial charge is 0.338 e. The first-order valence-corrected chi connectivity index (χ1v) is 17.4. The van der Waals surface area contributed by atoms with Gasteiger partial charge in [-0.15, -0.1) is 0 Å². The Morgan fingerprint density at radius 3 is 1.39 bits per heavy atom. The number of benzene rings is 5. The summed E-state index contributed by atoms with van der Waals surface area (Å²) in [5, 5.41) is 0. The van der Waals surface area contributed by atoms with Crippen LogP contribution in [0, 0.1) is 25.7 Å². The second-order valence-electron chi connectivity index (χ2n) is 14.1. The number of esters is 1. The number of ketones is 1. The van der Waals surface area contributed by atoms with Gasteiger partial charge in [0.2, 0.25) is 11.8 Å². The number of hydrogen-bond acceptors (Lipinski definition) is 5. The molecule has 0 aromatic heterocycles. The molecule has 51 heavy (non-hydrogen) atoms. The standard InChI is InChI=1S/C45H37NO5/c1-27(2)51-42(49)32-23-25-35(26-24-32)46-40(47)38-39(41(46)48)45(34-13-9-6-10-14-34)37(31-21-17-29(4)18-22-31)36(30-19-15-28(3)16-20-30)44(38,43(45)50)33-11-7-5-8-12-33/h5-27,38-39H,1-4H3/t38-,39+,44-,45-/m1/s1. The second-order valence-corrected chi connectivity index (χ2v) is 14.1. The van der Waals surface area contributed by atoms with Crippen LogP contribution in [0.25, 0.3) is 11.1 Å². The lowest BCUT2D eigenvalue weighted by Gasteiger charge is -2.39. The summed E-state index contributed by atoms with van der Waals surface area (Å²) < 4.78 is 5.37. The first-order chi connectivity index (χ1) is 24.6. The fourth-order valence-corrected chi connectivity index (χ4v) is 8.85. The van der Waals surface area contributed by atoms with Crippen molar-refractivity contribution < 1.29 is 23.9 Å². The van der Waals surface area contributed by atoms with E-state index in [0.29, 0.717) is 22.4 Å². The van der Waals surface area contributed by atoms with Crippen molar-refractivity contribution in [3.05, 3.63) is 172 Å². The van der Waals surface area contributed by atoms with E-state index in [9.17, 15) is 4.79 Å². The van der Waals surface area contributed by atoms with Crippen LogP contribution in [0.1, 0.15) is 57.6 Å². The highest BCUT2D eigenvalue weighted by Gasteiger charge is 2.82. The lowest BCUT2D eigenvalue weighted by molar-refractivity contribution is -0.130. The van der Waals surface area contributed by atoms with Crippen molar-refractivity contribution in [2.24, 2.45) is 11.8 Å². The number of aryl methyl sites for hydroxylation is 2. The van der Waals surface area contributed by atoms with Crippen molar-refractivity contribution in [1.29, 1.82) is 0 Å². The van der Waals surface area contributed by atoms with Crippen molar-refractivity contribution in [3.63, 3.8) is 0 Å². The zero-order chi connectivity index (χ0) is 35.7. The third-order valence-corrected chi connectivity index (χ3v) is 10.8. The second kappa shape index (κ2) is 11.9. The fraction of sp³-hybridized carbons (Fsp3) is 0.200. The Morgan fingerprint density at radius 2 is 1.00 bits per heavy atom. The van der Waals surface area contributed by atoms with Gasteiger partial charge in [0, 0.05) is 0 Å². The molecule has 2 fully saturated rings. The predicted octanol–water partition coefficient (Wildman–Crippen LogP) is 8.06. The van der Waals surface area contributed by atoms with Gasteiger partial charge >= 0.3 is 5.97 Å². The van der Waals surface area contributed by atoms with Gasteiger partial charge in [0.25, 0.3) is 0 Å². The van der Waals surface area contributed by atoms with Crippen molar-refractivity contribution >= 4 is 40.4 Å². The maximum absolute atomic E-state index is 16.1. The number of amides is 2. The average molecular weight is 672 g/mol. The van der Waals surface area contributed by atoms with Crippen LogP contribution in [0.4, 0.5) is 5.69 Å². The van der Waals surface area contributed by atoms with Crippen LogP contribution in [0.15, 0.2) is 133 Å². The Bertz CT molecular complexity index is 2110. The molecule has 5 aromatic rings. The summed E-state index contributed by atoms with van der Waals surface area (Å²) in [6, 6.07) is 41.6. The van der Waals surface area contributed by atoms with E-state index in [4.69, 9.17) is 4.74 Å². The van der Waals surface area contributed by atoms with Crippen molar-refractivity contribution in [1.82, 2.24) is 0 Å². The molecule has 1 saturated carbocycles. The van der Waals surface area contributed by atoms with Crippen LogP contribution >= 0.6 is 0 Å². The van der Waals surface area contributed by atoms with E-state index in [1.807, 2.05) is 123 Å². The van der Waals surface area contributed by atoms with E-state index in [1.165, 1.54) is 4.90 Å². The highest BCUT2D eigenvalue weighted by Crippen LogP contribution is 2.74. The van der Waals surface area contributed by atoms with Crippen LogP contribution in [0.2, 0.25) is 0 Å². The summed E-state index contributed by atoms with van der Waals surface area (Å²) in [6.07, 6.45) is -0.299. The Hall–Kier alpha value is -5.88. The minimum Gasteiger partial charge on any atom is -0.459 e. The van der Waals surface area contributed by atoms with E-state index in [-0.39, 0.29) is 11.9 Å². The number of anilines is 1. The van der Waals surface area contributed by atoms with Crippen LogP contribution < -0.4 is 4.90 Å². The number of allylic oxidation sites excluding steroid dienone is 2. The Morgan fingerprint density at radius 1 is 0.588 bits per heavy atom. The van der Waals surface area contributed by atoms with Gasteiger partial charge in [0.15, 0.2) is 5.78 Å². The number of Topliss-reactive ketones (excluding diaryl/α,β-unsaturated/α-hetero) is 1. The van der Waals surface area contributed by atoms with Crippen molar-refractivity contribution in [2.45, 2.75) is 44.6 Å². The molecule has 252 valence electrons. The molecule has 0 N–H and O–H groups in total. The quantitative estimate of drug-likeness (QED) is 0.129. The van der Waals surface area contributed by atoms with E-state index < -0.39 is 40.4 Å². The normalized spacial score (nSPS) is 23.7. The molecular formula is C45H37NO5. The largest absolute Gasteiger partial charge is 0.459 e. The van der Waals surface area contributed by atoms with E-state index >= 15 is 14.4 Å². The summed E-state index contributed by atoms with van der Waals surface area (Å²) in [6.45, 7) is 7.59. The van der Waals surface area contributed by atoms with Crippen molar-refractivity contribution in [2.75, 3.05) is 4.90 Å². The average Bonchev–Trinajstić information content (AvgIpc) is 3.65. The summed E-state index contributed by atoms with van der Waals surface area (Å²) in [5.41, 5.74) is 4.33. The molecule has 0 unspecified atom stereocenters. The number of carbonyl (C=O) groups excluding carboxylic acids is 4. The number of hydrogen-bond donors (Lipinski definition) is 0. The zero-order valence-corrected chi connectivity index (χ0v) is 28.9. The van der Waals surface area contributed by atoms with Crippen LogP contribution in [0.3, 0.4) is 0 Å². The van der Waals surface area contributed by atoms with E-state index in [2.05, 4.69) is 0 Å². The molecule has 5 aromatic carbocycles. The highest BCUT2D eigenvalue weighted by atomic mass is 16.5. The molecule has 0 spiro atoms. The molecule has 2 bridgehead atoms. The number of ether oxygens (including phenoxy) is 1. The molecule has 3 aliphatic rings. The molecule has 1 heterocycles. The van der Waals surface area contributed by atoms with Gasteiger partial charge in [-0.3, -0.25) is 14.4 Å². The molecule has 6 heteroatoms. The van der Waals surface area contributed by atoms with Gasteiger partial charge in [0.1, 0.15) is 0 Å². The lowest BCUT2D eigenvalue weighted by atomic mass is 9.59. The molecule has 1 aliphatic heterocycles. The SMILES string of the molecule is Cc1ccc(C2=C(c3ccc(C)cc3)[C@@]3(c4ccccc4)C(=O)[C@@]2(c2ccccc2)[C@@H]2C(=O)N(c4ccc(C(=O)OC(C)C)cc4)C(=O)[C@@H]23)cc1. The molecule has 1 saturated heterocycles. The molecule has 0 radical (unpaired) electrons.